The van der Waals surface area contributed by atoms with Gasteiger partial charge in [0.15, 0.2) is 0 Å². The normalized spacial score (nSPS) is 16.1. The Kier molecular flexibility index (Phi) is 6.56. The van der Waals surface area contributed by atoms with E-state index >= 15 is 0 Å². The van der Waals surface area contributed by atoms with Crippen molar-refractivity contribution in [3.8, 4) is 0 Å². The van der Waals surface area contributed by atoms with Crippen molar-refractivity contribution >= 4 is 46.7 Å². The van der Waals surface area contributed by atoms with E-state index in [1.165, 1.54) is 23.2 Å². The van der Waals surface area contributed by atoms with E-state index in [1.54, 1.807) is 19.9 Å². The van der Waals surface area contributed by atoms with Crippen molar-refractivity contribution in [2.45, 2.75) is 59.2 Å². The number of allylic oxidation sites excluding steroid dienone is 4. The molecule has 10 heteroatoms. The maximum atomic E-state index is 12.9. The second-order valence-corrected chi connectivity index (χ2v) is 9.68. The Bertz CT molecular complexity index is 1020. The molecule has 3 rings (SSSR count). The van der Waals surface area contributed by atoms with Crippen LogP contribution in [0.25, 0.3) is 0 Å². The number of nitrogens with one attached hydrogen (secondary N) is 3. The van der Waals surface area contributed by atoms with E-state index in [2.05, 4.69) is 16.0 Å². The minimum atomic E-state index is -1.17. The number of amides is 5. The first-order chi connectivity index (χ1) is 14.5. The third kappa shape index (κ3) is 4.99. The lowest BCUT2D eigenvalue weighted by Crippen LogP contribution is -2.55. The van der Waals surface area contributed by atoms with Gasteiger partial charge in [0.2, 0.25) is 5.91 Å². The zero-order valence-electron chi connectivity index (χ0n) is 17.8. The van der Waals surface area contributed by atoms with Crippen LogP contribution in [0.1, 0.15) is 60.6 Å². The standard InChI is InChI=1S/C21H25ClN4O4S/c1-11-5-6-14(8-16(11)22)25-20(30)23-9-15-7-13-10-26(18(28)17(13)31-15)21(3,4)19(29)24-12(2)27/h7-8H,5-6,9-10H2,1-4H3,(H2,23,25,30)(H,24,27,29). The Balaban J connectivity index is 1.59. The molecule has 0 fully saturated rings. The van der Waals surface area contributed by atoms with Crippen molar-refractivity contribution in [3.05, 3.63) is 43.8 Å². The minimum absolute atomic E-state index is 0.261. The van der Waals surface area contributed by atoms with Crippen LogP contribution >= 0.6 is 22.9 Å². The predicted octanol–water partition coefficient (Wildman–Crippen LogP) is 3.13. The van der Waals surface area contributed by atoms with Crippen molar-refractivity contribution in [1.29, 1.82) is 0 Å². The molecule has 0 bridgehead atoms. The third-order valence-electron chi connectivity index (χ3n) is 5.32. The number of rotatable bonds is 5. The number of halogens is 1. The highest BCUT2D eigenvalue weighted by atomic mass is 35.5. The highest BCUT2D eigenvalue weighted by Crippen LogP contribution is 2.35. The lowest BCUT2D eigenvalue weighted by Gasteiger charge is -2.33. The van der Waals surface area contributed by atoms with E-state index in [9.17, 15) is 19.2 Å². The number of hydrogen-bond acceptors (Lipinski definition) is 5. The van der Waals surface area contributed by atoms with Gasteiger partial charge in [-0.15, -0.1) is 11.3 Å². The molecule has 1 aromatic rings. The van der Waals surface area contributed by atoms with E-state index < -0.39 is 17.4 Å². The summed E-state index contributed by atoms with van der Waals surface area (Å²) in [5, 5.41) is 8.49. The van der Waals surface area contributed by atoms with Gasteiger partial charge in [0.05, 0.1) is 11.4 Å². The van der Waals surface area contributed by atoms with Crippen LogP contribution in [0.5, 0.6) is 0 Å². The number of fused-ring (bicyclic) bond motifs is 1. The van der Waals surface area contributed by atoms with Crippen LogP contribution in [0, 0.1) is 0 Å². The summed E-state index contributed by atoms with van der Waals surface area (Å²) in [6, 6.07) is 1.53. The summed E-state index contributed by atoms with van der Waals surface area (Å²) in [6.07, 6.45) is 3.29. The molecule has 1 aliphatic heterocycles. The fourth-order valence-corrected chi connectivity index (χ4v) is 4.66. The van der Waals surface area contributed by atoms with Crippen LogP contribution in [-0.2, 0) is 22.7 Å². The molecule has 1 aromatic heterocycles. The lowest BCUT2D eigenvalue weighted by molar-refractivity contribution is -0.135. The van der Waals surface area contributed by atoms with E-state index in [-0.39, 0.29) is 25.0 Å². The summed E-state index contributed by atoms with van der Waals surface area (Å²) in [7, 11) is 0. The minimum Gasteiger partial charge on any atom is -0.333 e. The molecular weight excluding hydrogens is 440 g/mol. The average molecular weight is 465 g/mol. The van der Waals surface area contributed by atoms with E-state index in [4.69, 9.17) is 11.6 Å². The molecule has 0 spiro atoms. The number of urea groups is 1. The molecule has 8 nitrogen and oxygen atoms in total. The molecule has 3 N–H and O–H groups in total. The summed E-state index contributed by atoms with van der Waals surface area (Å²) in [5.74, 6) is -1.25. The number of thiophene rings is 1. The monoisotopic (exact) mass is 464 g/mol. The zero-order valence-corrected chi connectivity index (χ0v) is 19.4. The van der Waals surface area contributed by atoms with Crippen molar-refractivity contribution < 1.29 is 19.2 Å². The Labute approximate surface area is 189 Å². The van der Waals surface area contributed by atoms with Gasteiger partial charge in [0.1, 0.15) is 5.54 Å². The quantitative estimate of drug-likeness (QED) is 0.622. The van der Waals surface area contributed by atoms with Crippen LogP contribution in [0.15, 0.2) is 28.4 Å². The van der Waals surface area contributed by atoms with Gasteiger partial charge >= 0.3 is 6.03 Å². The number of hydrogen-bond donors (Lipinski definition) is 3. The smallest absolute Gasteiger partial charge is 0.319 e. The van der Waals surface area contributed by atoms with Crippen molar-refractivity contribution in [2.75, 3.05) is 0 Å². The van der Waals surface area contributed by atoms with Crippen molar-refractivity contribution in [1.82, 2.24) is 20.9 Å². The maximum Gasteiger partial charge on any atom is 0.319 e. The molecule has 0 atom stereocenters. The summed E-state index contributed by atoms with van der Waals surface area (Å²) in [6.45, 7) is 6.98. The topological polar surface area (TPSA) is 108 Å². The molecule has 5 amide bonds. The highest BCUT2D eigenvalue weighted by molar-refractivity contribution is 7.14. The van der Waals surface area contributed by atoms with Gasteiger partial charge in [-0.05, 0) is 51.3 Å². The van der Waals surface area contributed by atoms with Gasteiger partial charge in [-0.1, -0.05) is 17.2 Å². The Hall–Kier alpha value is -2.65. The number of carbonyl (C=O) groups is 4. The second kappa shape index (κ2) is 8.84. The molecule has 2 heterocycles. The molecule has 0 aromatic carbocycles. The van der Waals surface area contributed by atoms with Crippen LogP contribution < -0.4 is 16.0 Å². The molecule has 0 unspecified atom stereocenters. The Morgan fingerprint density at radius 2 is 1.97 bits per heavy atom. The SMILES string of the molecule is CC(=O)NC(=O)C(C)(C)N1Cc2cc(CNC(=O)NC3=CC(Cl)=C(C)CC3)sc2C1=O. The second-order valence-electron chi connectivity index (χ2n) is 8.13. The fraction of sp³-hybridized carbons (Fsp3) is 0.429. The average Bonchev–Trinajstić information content (AvgIpc) is 3.22. The molecule has 0 radical (unpaired) electrons. The fourth-order valence-electron chi connectivity index (χ4n) is 3.37. The van der Waals surface area contributed by atoms with Crippen LogP contribution in [-0.4, -0.2) is 34.2 Å². The van der Waals surface area contributed by atoms with Crippen molar-refractivity contribution in [2.24, 2.45) is 0 Å². The molecule has 0 saturated heterocycles. The molecule has 1 aliphatic carbocycles. The Morgan fingerprint density at radius 1 is 1.26 bits per heavy atom. The first-order valence-electron chi connectivity index (χ1n) is 9.85. The maximum absolute atomic E-state index is 12.9. The van der Waals surface area contributed by atoms with Gasteiger partial charge in [-0.3, -0.25) is 19.7 Å². The molecule has 0 saturated carbocycles. The van der Waals surface area contributed by atoms with E-state index in [1.807, 2.05) is 13.0 Å². The first kappa shape index (κ1) is 23.0. The summed E-state index contributed by atoms with van der Waals surface area (Å²) >= 11 is 7.41. The predicted molar refractivity (Wildman–Crippen MR) is 118 cm³/mol. The zero-order chi connectivity index (χ0) is 22.9. The first-order valence-corrected chi connectivity index (χ1v) is 11.0. The van der Waals surface area contributed by atoms with Crippen LogP contribution in [0.4, 0.5) is 4.79 Å². The van der Waals surface area contributed by atoms with Gasteiger partial charge in [0, 0.05) is 29.1 Å². The van der Waals surface area contributed by atoms with Crippen LogP contribution in [0.3, 0.4) is 0 Å². The van der Waals surface area contributed by atoms with E-state index in [0.717, 1.165) is 34.6 Å². The molecule has 2 aliphatic rings. The number of nitrogens with zero attached hydrogens (tertiary/aromatic N) is 1. The summed E-state index contributed by atoms with van der Waals surface area (Å²) in [4.78, 5) is 51.4. The molecular formula is C21H25ClN4O4S. The van der Waals surface area contributed by atoms with E-state index in [0.29, 0.717) is 9.91 Å². The highest BCUT2D eigenvalue weighted by Gasteiger charge is 2.43. The summed E-state index contributed by atoms with van der Waals surface area (Å²) < 4.78 is 0. The third-order valence-corrected chi connectivity index (χ3v) is 6.92. The van der Waals surface area contributed by atoms with Crippen LogP contribution in [0.2, 0.25) is 0 Å². The number of imide groups is 1. The Morgan fingerprint density at radius 3 is 2.58 bits per heavy atom. The van der Waals surface area contributed by atoms with Gasteiger partial charge < -0.3 is 15.5 Å². The van der Waals surface area contributed by atoms with Gasteiger partial charge in [-0.2, -0.15) is 0 Å². The largest absolute Gasteiger partial charge is 0.333 e. The summed E-state index contributed by atoms with van der Waals surface area (Å²) in [5.41, 5.74) is 1.50. The molecule has 166 valence electrons. The number of carbonyl (C=O) groups excluding carboxylic acids is 4. The van der Waals surface area contributed by atoms with Gasteiger partial charge in [-0.25, -0.2) is 4.79 Å². The van der Waals surface area contributed by atoms with Gasteiger partial charge in [0.25, 0.3) is 11.8 Å². The lowest BCUT2D eigenvalue weighted by atomic mass is 10.0. The molecule has 31 heavy (non-hydrogen) atoms. The van der Waals surface area contributed by atoms with Crippen molar-refractivity contribution in [3.63, 3.8) is 0 Å².